The molecule has 0 aromatic rings. The Labute approximate surface area is 173 Å². The van der Waals surface area contributed by atoms with Gasteiger partial charge in [-0.05, 0) is 12.8 Å². The van der Waals surface area contributed by atoms with E-state index in [1.807, 2.05) is 5.32 Å². The van der Waals surface area contributed by atoms with Crippen molar-refractivity contribution in [3.63, 3.8) is 0 Å². The summed E-state index contributed by atoms with van der Waals surface area (Å²) < 4.78 is 0. The highest BCUT2D eigenvalue weighted by Crippen LogP contribution is 2.09. The number of nitrogens with two attached hydrogens (primary N) is 1. The van der Waals surface area contributed by atoms with Crippen LogP contribution in [0.15, 0.2) is 0 Å². The van der Waals surface area contributed by atoms with Gasteiger partial charge in [-0.15, -0.1) is 0 Å². The van der Waals surface area contributed by atoms with E-state index in [9.17, 15) is 34.2 Å². The van der Waals surface area contributed by atoms with Crippen molar-refractivity contribution in [3.05, 3.63) is 0 Å². The number of hydrogen-bond donors (Lipinski definition) is 8. The summed E-state index contributed by atoms with van der Waals surface area (Å²) in [5.41, 5.74) is 5.49. The van der Waals surface area contributed by atoms with Crippen LogP contribution in [0.5, 0.6) is 0 Å². The molecule has 0 aliphatic rings. The maximum absolute atomic E-state index is 12.6. The molecule has 13 nitrogen and oxygen atoms in total. The van der Waals surface area contributed by atoms with Gasteiger partial charge in [0.1, 0.15) is 12.1 Å². The van der Waals surface area contributed by atoms with Gasteiger partial charge in [0.25, 0.3) is 0 Å². The summed E-state index contributed by atoms with van der Waals surface area (Å²) >= 11 is 0. The Morgan fingerprint density at radius 1 is 0.900 bits per heavy atom. The van der Waals surface area contributed by atoms with Gasteiger partial charge in [0.15, 0.2) is 6.04 Å². The van der Waals surface area contributed by atoms with E-state index < -0.39 is 78.9 Å². The van der Waals surface area contributed by atoms with Gasteiger partial charge in [-0.2, -0.15) is 0 Å². The monoisotopic (exact) mass is 434 g/mol. The van der Waals surface area contributed by atoms with Crippen LogP contribution in [0.2, 0.25) is 0 Å². The van der Waals surface area contributed by atoms with Crippen molar-refractivity contribution in [1.82, 2.24) is 16.0 Å². The van der Waals surface area contributed by atoms with E-state index in [2.05, 4.69) is 10.6 Å². The lowest BCUT2D eigenvalue weighted by molar-refractivity contribution is -0.145. The Hall–Kier alpha value is -2.77. The summed E-state index contributed by atoms with van der Waals surface area (Å²) in [6.07, 6.45) is -1.67. The number of aliphatic hydroxyl groups is 2. The zero-order valence-electron chi connectivity index (χ0n) is 17.0. The van der Waals surface area contributed by atoms with Crippen LogP contribution in [-0.2, 0) is 24.0 Å². The average Bonchev–Trinajstić information content (AvgIpc) is 2.65. The van der Waals surface area contributed by atoms with E-state index in [-0.39, 0.29) is 0 Å². The summed E-state index contributed by atoms with van der Waals surface area (Å²) in [6.45, 7) is 3.60. The lowest BCUT2D eigenvalue weighted by Crippen LogP contribution is -2.60. The Balaban J connectivity index is 5.31. The van der Waals surface area contributed by atoms with Crippen LogP contribution in [0.3, 0.4) is 0 Å². The predicted molar refractivity (Wildman–Crippen MR) is 102 cm³/mol. The van der Waals surface area contributed by atoms with Crippen LogP contribution in [-0.4, -0.2) is 87.0 Å². The van der Waals surface area contributed by atoms with E-state index >= 15 is 0 Å². The normalized spacial score (nSPS) is 16.9. The SMILES string of the molecule is CCC(C)C(NC(=O)C(N)CC(=O)O)C(=O)NC(CO)C(=O)NC(C(=O)O)C(C)O. The molecule has 0 radical (unpaired) electrons. The molecule has 0 aromatic heterocycles. The Kier molecular flexibility index (Phi) is 11.5. The highest BCUT2D eigenvalue weighted by atomic mass is 16.4. The minimum atomic E-state index is -1.66. The van der Waals surface area contributed by atoms with Crippen LogP contribution < -0.4 is 21.7 Å². The van der Waals surface area contributed by atoms with Crippen molar-refractivity contribution in [2.75, 3.05) is 6.61 Å². The molecule has 0 rings (SSSR count). The number of nitrogens with one attached hydrogen (secondary N) is 3. The number of aliphatic carboxylic acids is 2. The van der Waals surface area contributed by atoms with Crippen LogP contribution in [0.1, 0.15) is 33.6 Å². The number of amides is 3. The second-order valence-corrected chi connectivity index (χ2v) is 6.88. The first-order chi connectivity index (χ1) is 13.8. The minimum absolute atomic E-state index is 0.422. The van der Waals surface area contributed by atoms with Crippen molar-refractivity contribution in [1.29, 1.82) is 0 Å². The molecule has 0 spiro atoms. The summed E-state index contributed by atoms with van der Waals surface area (Å²) in [7, 11) is 0. The van der Waals surface area contributed by atoms with Crippen LogP contribution >= 0.6 is 0 Å². The van der Waals surface area contributed by atoms with Crippen LogP contribution in [0.4, 0.5) is 0 Å². The Morgan fingerprint density at radius 2 is 1.43 bits per heavy atom. The molecule has 0 heterocycles. The first kappa shape index (κ1) is 27.2. The van der Waals surface area contributed by atoms with Gasteiger partial charge in [0.05, 0.1) is 25.2 Å². The van der Waals surface area contributed by atoms with E-state index in [0.717, 1.165) is 6.92 Å². The number of carbonyl (C=O) groups is 5. The minimum Gasteiger partial charge on any atom is -0.481 e. The van der Waals surface area contributed by atoms with Crippen molar-refractivity contribution >= 4 is 29.7 Å². The topological polar surface area (TPSA) is 228 Å². The second kappa shape index (κ2) is 12.7. The molecule has 30 heavy (non-hydrogen) atoms. The fraction of sp³-hybridized carbons (Fsp3) is 0.706. The van der Waals surface area contributed by atoms with Gasteiger partial charge in [-0.25, -0.2) is 4.79 Å². The molecule has 3 amide bonds. The van der Waals surface area contributed by atoms with E-state index in [0.29, 0.717) is 6.42 Å². The van der Waals surface area contributed by atoms with Crippen molar-refractivity contribution in [2.45, 2.75) is 63.9 Å². The molecule has 6 unspecified atom stereocenters. The molecular weight excluding hydrogens is 404 g/mol. The Morgan fingerprint density at radius 3 is 1.83 bits per heavy atom. The van der Waals surface area contributed by atoms with Gasteiger partial charge < -0.3 is 42.1 Å². The average molecular weight is 434 g/mol. The highest BCUT2D eigenvalue weighted by molar-refractivity contribution is 5.95. The van der Waals surface area contributed by atoms with Crippen LogP contribution in [0.25, 0.3) is 0 Å². The van der Waals surface area contributed by atoms with Gasteiger partial charge in [-0.3, -0.25) is 19.2 Å². The predicted octanol–water partition coefficient (Wildman–Crippen LogP) is -3.25. The van der Waals surface area contributed by atoms with Gasteiger partial charge in [-0.1, -0.05) is 20.3 Å². The first-order valence-electron chi connectivity index (χ1n) is 9.25. The molecule has 0 fully saturated rings. The molecular formula is C17H30N4O9. The number of carbonyl (C=O) groups excluding carboxylic acids is 3. The largest absolute Gasteiger partial charge is 0.481 e. The third-order valence-electron chi connectivity index (χ3n) is 4.39. The third-order valence-corrected chi connectivity index (χ3v) is 4.39. The third kappa shape index (κ3) is 8.71. The first-order valence-corrected chi connectivity index (χ1v) is 9.25. The van der Waals surface area contributed by atoms with Crippen molar-refractivity contribution < 1.29 is 44.4 Å². The lowest BCUT2D eigenvalue weighted by Gasteiger charge is -2.27. The fourth-order valence-electron chi connectivity index (χ4n) is 2.34. The molecule has 0 saturated heterocycles. The van der Waals surface area contributed by atoms with Gasteiger partial charge in [0, 0.05) is 0 Å². The molecule has 0 bridgehead atoms. The van der Waals surface area contributed by atoms with Crippen molar-refractivity contribution in [3.8, 4) is 0 Å². The molecule has 172 valence electrons. The van der Waals surface area contributed by atoms with Gasteiger partial charge in [0.2, 0.25) is 17.7 Å². The van der Waals surface area contributed by atoms with E-state index in [1.54, 1.807) is 13.8 Å². The quantitative estimate of drug-likeness (QED) is 0.144. The number of rotatable bonds is 13. The van der Waals surface area contributed by atoms with E-state index in [4.69, 9.17) is 15.9 Å². The molecule has 0 aliphatic heterocycles. The summed E-state index contributed by atoms with van der Waals surface area (Å²) in [6, 6.07) is -5.82. The summed E-state index contributed by atoms with van der Waals surface area (Å²) in [4.78, 5) is 58.7. The number of carboxylic acids is 2. The zero-order valence-corrected chi connectivity index (χ0v) is 17.0. The fourth-order valence-corrected chi connectivity index (χ4v) is 2.34. The number of carboxylic acid groups (broad SMARTS) is 2. The smallest absolute Gasteiger partial charge is 0.328 e. The standard InChI is InChI=1S/C17H30N4O9/c1-4-7(2)12(20-14(26)9(18)5-11(24)25)16(28)19-10(6-22)15(27)21-13(8(3)23)17(29)30/h7-10,12-13,22-23H,4-6,18H2,1-3H3,(H,19,28)(H,20,26)(H,21,27)(H,24,25)(H,29,30). The zero-order chi connectivity index (χ0) is 23.6. The van der Waals surface area contributed by atoms with E-state index in [1.165, 1.54) is 0 Å². The molecule has 6 atom stereocenters. The van der Waals surface area contributed by atoms with Gasteiger partial charge >= 0.3 is 11.9 Å². The second-order valence-electron chi connectivity index (χ2n) is 6.88. The maximum atomic E-state index is 12.6. The summed E-state index contributed by atoms with van der Waals surface area (Å²) in [5.74, 6) is -6.07. The Bertz CT molecular complexity index is 641. The van der Waals surface area contributed by atoms with Crippen molar-refractivity contribution in [2.24, 2.45) is 11.7 Å². The number of hydrogen-bond acceptors (Lipinski definition) is 8. The molecule has 0 saturated carbocycles. The lowest BCUT2D eigenvalue weighted by atomic mass is 9.97. The maximum Gasteiger partial charge on any atom is 0.328 e. The summed E-state index contributed by atoms with van der Waals surface area (Å²) in [5, 5.41) is 43.1. The number of aliphatic hydroxyl groups excluding tert-OH is 2. The highest BCUT2D eigenvalue weighted by Gasteiger charge is 2.33. The van der Waals surface area contributed by atoms with Crippen LogP contribution in [0, 0.1) is 5.92 Å². The molecule has 0 aromatic carbocycles. The molecule has 9 N–H and O–H groups in total. The molecule has 13 heteroatoms. The molecule has 0 aliphatic carbocycles.